The second-order valence-electron chi connectivity index (χ2n) is 3.61. The smallest absolute Gasteiger partial charge is 0.265 e. The third-order valence-electron chi connectivity index (χ3n) is 2.27. The van der Waals surface area contributed by atoms with Crippen LogP contribution in [0.5, 0.6) is 0 Å². The summed E-state index contributed by atoms with van der Waals surface area (Å²) in [6.07, 6.45) is 0. The monoisotopic (exact) mass is 268 g/mol. The first-order chi connectivity index (χ1) is 8.08. The average molecular weight is 268 g/mol. The molecule has 0 saturated heterocycles. The molecule has 0 aliphatic carbocycles. The zero-order valence-electron chi connectivity index (χ0n) is 9.77. The number of carbonyl (C=O) groups is 1. The van der Waals surface area contributed by atoms with Crippen LogP contribution in [0.4, 0.5) is 0 Å². The van der Waals surface area contributed by atoms with E-state index < -0.39 is 0 Å². The highest BCUT2D eigenvalue weighted by atomic mass is 32.1. The van der Waals surface area contributed by atoms with Crippen molar-refractivity contribution in [2.24, 2.45) is 0 Å². The van der Waals surface area contributed by atoms with Gasteiger partial charge in [-0.05, 0) is 32.3 Å². The molecule has 2 aromatic rings. The Morgan fingerprint density at radius 2 is 2.06 bits per heavy atom. The standard InChI is InChI=1S/C10H12N4OS2/c1-5-8(16-7(3)12-5)4-11-10(15)9-6(2)13-14-17-9/h4H2,1-3H3,(H,11,15). The van der Waals surface area contributed by atoms with Crippen molar-refractivity contribution < 1.29 is 4.79 Å². The minimum absolute atomic E-state index is 0.122. The molecule has 1 amide bonds. The molecule has 0 saturated carbocycles. The largest absolute Gasteiger partial charge is 0.346 e. The van der Waals surface area contributed by atoms with Crippen LogP contribution in [0.1, 0.15) is 30.9 Å². The van der Waals surface area contributed by atoms with Gasteiger partial charge in [0, 0.05) is 4.88 Å². The molecule has 0 aromatic carbocycles. The topological polar surface area (TPSA) is 67.8 Å². The van der Waals surface area contributed by atoms with E-state index in [0.29, 0.717) is 17.1 Å². The van der Waals surface area contributed by atoms with Crippen molar-refractivity contribution in [3.05, 3.63) is 26.1 Å². The highest BCUT2D eigenvalue weighted by Gasteiger charge is 2.13. The quantitative estimate of drug-likeness (QED) is 0.922. The van der Waals surface area contributed by atoms with Crippen LogP contribution in [-0.4, -0.2) is 20.5 Å². The van der Waals surface area contributed by atoms with E-state index in [-0.39, 0.29) is 5.91 Å². The summed E-state index contributed by atoms with van der Waals surface area (Å²) in [4.78, 5) is 17.8. The highest BCUT2D eigenvalue weighted by Crippen LogP contribution is 2.17. The molecule has 5 nitrogen and oxygen atoms in total. The summed E-state index contributed by atoms with van der Waals surface area (Å²) >= 11 is 2.72. The van der Waals surface area contributed by atoms with E-state index in [2.05, 4.69) is 19.9 Å². The van der Waals surface area contributed by atoms with E-state index in [4.69, 9.17) is 0 Å². The molecule has 1 N–H and O–H groups in total. The van der Waals surface area contributed by atoms with Gasteiger partial charge in [-0.25, -0.2) is 4.98 Å². The summed E-state index contributed by atoms with van der Waals surface area (Å²) < 4.78 is 3.74. The van der Waals surface area contributed by atoms with Crippen molar-refractivity contribution in [1.82, 2.24) is 19.9 Å². The Balaban J connectivity index is 2.02. The molecule has 0 bridgehead atoms. The molecule has 0 spiro atoms. The number of rotatable bonds is 3. The predicted octanol–water partition coefficient (Wildman–Crippen LogP) is 1.85. The lowest BCUT2D eigenvalue weighted by atomic mass is 10.3. The summed E-state index contributed by atoms with van der Waals surface area (Å²) in [7, 11) is 0. The van der Waals surface area contributed by atoms with E-state index >= 15 is 0 Å². The molecular formula is C10H12N4OS2. The molecule has 0 aliphatic heterocycles. The first-order valence-corrected chi connectivity index (χ1v) is 6.67. The van der Waals surface area contributed by atoms with Crippen molar-refractivity contribution in [2.45, 2.75) is 27.3 Å². The molecule has 7 heteroatoms. The van der Waals surface area contributed by atoms with Crippen LogP contribution in [0.15, 0.2) is 0 Å². The van der Waals surface area contributed by atoms with Gasteiger partial charge in [0.15, 0.2) is 0 Å². The van der Waals surface area contributed by atoms with Crippen molar-refractivity contribution >= 4 is 28.8 Å². The number of nitrogens with zero attached hydrogens (tertiary/aromatic N) is 3. The van der Waals surface area contributed by atoms with Crippen molar-refractivity contribution in [2.75, 3.05) is 0 Å². The first-order valence-electron chi connectivity index (χ1n) is 5.08. The van der Waals surface area contributed by atoms with Crippen LogP contribution in [-0.2, 0) is 6.54 Å². The van der Waals surface area contributed by atoms with Crippen LogP contribution in [0.2, 0.25) is 0 Å². The van der Waals surface area contributed by atoms with E-state index in [1.807, 2.05) is 13.8 Å². The van der Waals surface area contributed by atoms with Crippen molar-refractivity contribution in [3.8, 4) is 0 Å². The number of thiazole rings is 1. The SMILES string of the molecule is Cc1nc(C)c(CNC(=O)c2snnc2C)s1. The second-order valence-corrected chi connectivity index (χ2v) is 5.65. The average Bonchev–Trinajstić information content (AvgIpc) is 2.81. The second kappa shape index (κ2) is 4.89. The maximum absolute atomic E-state index is 11.8. The number of carbonyl (C=O) groups excluding carboxylic acids is 1. The molecule has 17 heavy (non-hydrogen) atoms. The Kier molecular flexibility index (Phi) is 3.49. The van der Waals surface area contributed by atoms with Gasteiger partial charge in [-0.15, -0.1) is 16.4 Å². The fourth-order valence-electron chi connectivity index (χ4n) is 1.42. The van der Waals surface area contributed by atoms with Crippen LogP contribution in [0.3, 0.4) is 0 Å². The predicted molar refractivity (Wildman–Crippen MR) is 67.4 cm³/mol. The summed E-state index contributed by atoms with van der Waals surface area (Å²) in [5, 5.41) is 7.69. The van der Waals surface area contributed by atoms with Gasteiger partial charge in [-0.1, -0.05) is 4.49 Å². The maximum atomic E-state index is 11.8. The lowest BCUT2D eigenvalue weighted by molar-refractivity contribution is 0.0954. The molecule has 0 fully saturated rings. The van der Waals surface area contributed by atoms with Crippen LogP contribution in [0, 0.1) is 20.8 Å². The van der Waals surface area contributed by atoms with Gasteiger partial charge in [0.25, 0.3) is 5.91 Å². The van der Waals surface area contributed by atoms with Gasteiger partial charge in [0.05, 0.1) is 22.9 Å². The van der Waals surface area contributed by atoms with E-state index in [0.717, 1.165) is 27.1 Å². The van der Waals surface area contributed by atoms with Gasteiger partial charge < -0.3 is 5.32 Å². The number of nitrogens with one attached hydrogen (secondary N) is 1. The number of aromatic nitrogens is 3. The third-order valence-corrected chi connectivity index (χ3v) is 4.17. The third kappa shape index (κ3) is 2.67. The van der Waals surface area contributed by atoms with Gasteiger partial charge in [-0.2, -0.15) is 0 Å². The Labute approximate surface area is 107 Å². The van der Waals surface area contributed by atoms with Gasteiger partial charge in [-0.3, -0.25) is 4.79 Å². The number of aryl methyl sites for hydroxylation is 3. The van der Waals surface area contributed by atoms with E-state index in [9.17, 15) is 4.79 Å². The van der Waals surface area contributed by atoms with Crippen LogP contribution < -0.4 is 5.32 Å². The zero-order chi connectivity index (χ0) is 12.4. The van der Waals surface area contributed by atoms with E-state index in [1.54, 1.807) is 18.3 Å². The fourth-order valence-corrected chi connectivity index (χ4v) is 2.87. The molecule has 0 radical (unpaired) electrons. The molecular weight excluding hydrogens is 256 g/mol. The molecule has 2 heterocycles. The fraction of sp³-hybridized carbons (Fsp3) is 0.400. The lowest BCUT2D eigenvalue weighted by Crippen LogP contribution is -2.22. The highest BCUT2D eigenvalue weighted by molar-refractivity contribution is 7.11. The van der Waals surface area contributed by atoms with Crippen LogP contribution >= 0.6 is 22.9 Å². The van der Waals surface area contributed by atoms with E-state index in [1.165, 1.54) is 0 Å². The van der Waals surface area contributed by atoms with Gasteiger partial charge in [0.1, 0.15) is 4.88 Å². The molecule has 2 aromatic heterocycles. The molecule has 2 rings (SSSR count). The minimum atomic E-state index is -0.122. The molecule has 0 aliphatic rings. The van der Waals surface area contributed by atoms with Gasteiger partial charge in [0.2, 0.25) is 0 Å². The Morgan fingerprint density at radius 3 is 2.59 bits per heavy atom. The molecule has 0 unspecified atom stereocenters. The zero-order valence-corrected chi connectivity index (χ0v) is 11.4. The summed E-state index contributed by atoms with van der Waals surface area (Å²) in [6.45, 7) is 6.19. The minimum Gasteiger partial charge on any atom is -0.346 e. The Hall–Kier alpha value is -1.34. The molecule has 90 valence electrons. The van der Waals surface area contributed by atoms with Crippen molar-refractivity contribution in [3.63, 3.8) is 0 Å². The normalized spacial score (nSPS) is 10.5. The summed E-state index contributed by atoms with van der Waals surface area (Å²) in [5.41, 5.74) is 1.65. The lowest BCUT2D eigenvalue weighted by Gasteiger charge is -2.01. The summed E-state index contributed by atoms with van der Waals surface area (Å²) in [5.74, 6) is -0.122. The molecule has 0 atom stereocenters. The Bertz CT molecular complexity index is 546. The number of hydrogen-bond donors (Lipinski definition) is 1. The number of hydrogen-bond acceptors (Lipinski definition) is 6. The van der Waals surface area contributed by atoms with Gasteiger partial charge >= 0.3 is 0 Å². The van der Waals surface area contributed by atoms with Crippen molar-refractivity contribution in [1.29, 1.82) is 0 Å². The summed E-state index contributed by atoms with van der Waals surface area (Å²) in [6, 6.07) is 0. The van der Waals surface area contributed by atoms with Crippen LogP contribution in [0.25, 0.3) is 0 Å². The first kappa shape index (κ1) is 12.1. The maximum Gasteiger partial charge on any atom is 0.265 e. The Morgan fingerprint density at radius 1 is 1.29 bits per heavy atom. The number of amides is 1.